The summed E-state index contributed by atoms with van der Waals surface area (Å²) in [4.78, 5) is 14.9. The number of hydrogen-bond donors (Lipinski definition) is 1. The van der Waals surface area contributed by atoms with Gasteiger partial charge >= 0.3 is 0 Å². The van der Waals surface area contributed by atoms with Crippen LogP contribution in [-0.2, 0) is 5.60 Å². The Morgan fingerprint density at radius 1 is 1.00 bits per heavy atom. The molecule has 27 heavy (non-hydrogen) atoms. The van der Waals surface area contributed by atoms with E-state index in [0.717, 1.165) is 16.7 Å². The lowest BCUT2D eigenvalue weighted by Crippen LogP contribution is -2.26. The van der Waals surface area contributed by atoms with E-state index in [1.54, 1.807) is 18.3 Å². The van der Waals surface area contributed by atoms with Crippen LogP contribution in [0.3, 0.4) is 0 Å². The highest BCUT2D eigenvalue weighted by molar-refractivity contribution is 5.82. The third kappa shape index (κ3) is 3.93. The van der Waals surface area contributed by atoms with E-state index in [2.05, 4.69) is 4.99 Å². The summed E-state index contributed by atoms with van der Waals surface area (Å²) in [5.41, 5.74) is 1.82. The van der Waals surface area contributed by atoms with Crippen LogP contribution >= 0.6 is 0 Å². The molecule has 3 rings (SSSR count). The second-order valence-electron chi connectivity index (χ2n) is 6.20. The maximum atomic E-state index is 11.4. The van der Waals surface area contributed by atoms with Crippen molar-refractivity contribution >= 4 is 17.6 Å². The van der Waals surface area contributed by atoms with Crippen molar-refractivity contribution in [1.29, 1.82) is 0 Å². The Kier molecular flexibility index (Phi) is 5.43. The summed E-state index contributed by atoms with van der Waals surface area (Å²) in [5.74, 6) is 0. The molecule has 0 aliphatic rings. The zero-order valence-corrected chi connectivity index (χ0v) is 14.9. The summed E-state index contributed by atoms with van der Waals surface area (Å²) in [6.45, 7) is 1.93. The molecule has 0 aliphatic heterocycles. The third-order valence-corrected chi connectivity index (χ3v) is 4.57. The Morgan fingerprint density at radius 3 is 2.26 bits per heavy atom. The molecule has 1 N–H and O–H groups in total. The molecule has 0 amide bonds. The van der Waals surface area contributed by atoms with Crippen LogP contribution in [0.4, 0.5) is 11.4 Å². The van der Waals surface area contributed by atoms with Crippen LogP contribution in [0.1, 0.15) is 30.0 Å². The first-order valence-electron chi connectivity index (χ1n) is 8.70. The van der Waals surface area contributed by atoms with Crippen molar-refractivity contribution in [3.8, 4) is 0 Å². The van der Waals surface area contributed by atoms with Crippen molar-refractivity contribution in [3.63, 3.8) is 0 Å². The average Bonchev–Trinajstić information content (AvgIpc) is 2.73. The average molecular weight is 360 g/mol. The number of benzene rings is 3. The van der Waals surface area contributed by atoms with Gasteiger partial charge in [-0.25, -0.2) is 0 Å². The smallest absolute Gasteiger partial charge is 0.269 e. The largest absolute Gasteiger partial charge is 0.380 e. The van der Waals surface area contributed by atoms with Gasteiger partial charge in [0.05, 0.1) is 10.6 Å². The summed E-state index contributed by atoms with van der Waals surface area (Å²) in [5, 5.41) is 22.1. The van der Waals surface area contributed by atoms with Crippen LogP contribution in [0.15, 0.2) is 83.9 Å². The maximum absolute atomic E-state index is 11.4. The van der Waals surface area contributed by atoms with Gasteiger partial charge in [-0.05, 0) is 35.7 Å². The van der Waals surface area contributed by atoms with Crippen LogP contribution in [0.25, 0.3) is 0 Å². The molecule has 0 spiro atoms. The van der Waals surface area contributed by atoms with Crippen LogP contribution in [-0.4, -0.2) is 16.2 Å². The monoisotopic (exact) mass is 360 g/mol. The molecule has 5 heteroatoms. The molecule has 0 heterocycles. The second-order valence-corrected chi connectivity index (χ2v) is 6.20. The Hall–Kier alpha value is -3.31. The van der Waals surface area contributed by atoms with Gasteiger partial charge in [0.2, 0.25) is 0 Å². The van der Waals surface area contributed by atoms with Gasteiger partial charge in [0.1, 0.15) is 5.60 Å². The number of aliphatic hydroxyl groups is 1. The Morgan fingerprint density at radius 2 is 1.63 bits per heavy atom. The molecular weight excluding hydrogens is 340 g/mol. The lowest BCUT2D eigenvalue weighted by molar-refractivity contribution is -0.384. The minimum atomic E-state index is -1.15. The molecule has 0 saturated heterocycles. The standard InChI is InChI=1S/C22H20N2O3/c1-2-22(25,18-8-4-3-5-9-18)20-10-6-7-11-21(20)23-16-17-12-14-19(15-13-17)24(26)27/h3-16,25H,2H2,1H3. The Balaban J connectivity index is 1.97. The van der Waals surface area contributed by atoms with Gasteiger partial charge in [0.15, 0.2) is 0 Å². The Bertz CT molecular complexity index is 953. The van der Waals surface area contributed by atoms with Crippen molar-refractivity contribution in [2.24, 2.45) is 4.99 Å². The summed E-state index contributed by atoms with van der Waals surface area (Å²) in [6, 6.07) is 23.2. The first kappa shape index (κ1) is 18.5. The van der Waals surface area contributed by atoms with Gasteiger partial charge in [-0.3, -0.25) is 15.1 Å². The lowest BCUT2D eigenvalue weighted by atomic mass is 9.83. The highest BCUT2D eigenvalue weighted by Crippen LogP contribution is 2.38. The zero-order valence-electron chi connectivity index (χ0n) is 14.9. The number of rotatable bonds is 6. The van der Waals surface area contributed by atoms with E-state index in [4.69, 9.17) is 0 Å². The SMILES string of the molecule is CCC(O)(c1ccccc1)c1ccccc1N=Cc1ccc([N+](=O)[O-])cc1. The third-order valence-electron chi connectivity index (χ3n) is 4.57. The quantitative estimate of drug-likeness (QED) is 0.382. The minimum absolute atomic E-state index is 0.0389. The number of hydrogen-bond acceptors (Lipinski definition) is 4. The van der Waals surface area contributed by atoms with Crippen LogP contribution in [0.5, 0.6) is 0 Å². The van der Waals surface area contributed by atoms with Crippen molar-refractivity contribution in [1.82, 2.24) is 0 Å². The fourth-order valence-electron chi connectivity index (χ4n) is 3.03. The molecule has 0 aromatic heterocycles. The first-order chi connectivity index (χ1) is 13.0. The molecule has 3 aromatic carbocycles. The normalized spacial score (nSPS) is 13.4. The lowest BCUT2D eigenvalue weighted by Gasteiger charge is -2.29. The van der Waals surface area contributed by atoms with Gasteiger partial charge in [-0.2, -0.15) is 0 Å². The topological polar surface area (TPSA) is 75.7 Å². The molecule has 1 atom stereocenters. The molecule has 0 bridgehead atoms. The fourth-order valence-corrected chi connectivity index (χ4v) is 3.03. The van der Waals surface area contributed by atoms with Crippen molar-refractivity contribution < 1.29 is 10.0 Å². The van der Waals surface area contributed by atoms with E-state index in [-0.39, 0.29) is 5.69 Å². The molecule has 0 saturated carbocycles. The highest BCUT2D eigenvalue weighted by atomic mass is 16.6. The van der Waals surface area contributed by atoms with Gasteiger partial charge in [0, 0.05) is 23.9 Å². The van der Waals surface area contributed by atoms with Gasteiger partial charge in [-0.1, -0.05) is 55.5 Å². The zero-order chi connectivity index (χ0) is 19.3. The molecule has 136 valence electrons. The molecule has 5 nitrogen and oxygen atoms in total. The number of nitrogens with zero attached hydrogens (tertiary/aromatic N) is 2. The summed E-state index contributed by atoms with van der Waals surface area (Å²) < 4.78 is 0. The molecule has 0 fully saturated rings. The van der Waals surface area contributed by atoms with Gasteiger partial charge in [-0.15, -0.1) is 0 Å². The second kappa shape index (κ2) is 7.93. The maximum Gasteiger partial charge on any atom is 0.269 e. The molecule has 1 unspecified atom stereocenters. The van der Waals surface area contributed by atoms with E-state index >= 15 is 0 Å². The number of para-hydroxylation sites is 1. The predicted octanol–water partition coefficient (Wildman–Crippen LogP) is 4.99. The van der Waals surface area contributed by atoms with Crippen molar-refractivity contribution in [2.75, 3.05) is 0 Å². The number of aliphatic imine (C=N–C) groups is 1. The summed E-state index contributed by atoms with van der Waals surface area (Å²) in [7, 11) is 0. The Labute approximate surface area is 157 Å². The van der Waals surface area contributed by atoms with Crippen molar-refractivity contribution in [2.45, 2.75) is 18.9 Å². The van der Waals surface area contributed by atoms with Crippen molar-refractivity contribution in [3.05, 3.63) is 106 Å². The van der Waals surface area contributed by atoms with Gasteiger partial charge < -0.3 is 5.11 Å². The molecule has 3 aromatic rings. The molecule has 0 radical (unpaired) electrons. The predicted molar refractivity (Wildman–Crippen MR) is 107 cm³/mol. The van der Waals surface area contributed by atoms with E-state index in [9.17, 15) is 15.2 Å². The van der Waals surface area contributed by atoms with Crippen LogP contribution in [0, 0.1) is 10.1 Å². The fraction of sp³-hybridized carbons (Fsp3) is 0.136. The molecular formula is C22H20N2O3. The van der Waals surface area contributed by atoms with E-state index in [1.807, 2.05) is 61.5 Å². The summed E-state index contributed by atoms with van der Waals surface area (Å²) >= 11 is 0. The van der Waals surface area contributed by atoms with Crippen LogP contribution < -0.4 is 0 Å². The van der Waals surface area contributed by atoms with E-state index in [1.165, 1.54) is 12.1 Å². The molecule has 0 aliphatic carbocycles. The summed E-state index contributed by atoms with van der Waals surface area (Å²) in [6.07, 6.45) is 2.14. The van der Waals surface area contributed by atoms with E-state index < -0.39 is 10.5 Å². The van der Waals surface area contributed by atoms with E-state index in [0.29, 0.717) is 12.1 Å². The minimum Gasteiger partial charge on any atom is -0.380 e. The van der Waals surface area contributed by atoms with Gasteiger partial charge in [0.25, 0.3) is 5.69 Å². The van der Waals surface area contributed by atoms with Crippen LogP contribution in [0.2, 0.25) is 0 Å². The number of non-ortho nitro benzene ring substituents is 1. The first-order valence-corrected chi connectivity index (χ1v) is 8.70. The highest BCUT2D eigenvalue weighted by Gasteiger charge is 2.31. The number of nitro benzene ring substituents is 1. The number of nitro groups is 1.